The molecule has 0 bridgehead atoms. The highest BCUT2D eigenvalue weighted by atomic mass is 16.5. The fourth-order valence-corrected chi connectivity index (χ4v) is 1.97. The second-order valence-electron chi connectivity index (χ2n) is 4.64. The first-order valence-corrected chi connectivity index (χ1v) is 6.21. The first-order chi connectivity index (χ1) is 9.55. The molecule has 1 aliphatic heterocycles. The molecule has 1 aromatic heterocycles. The number of rotatable bonds is 6. The van der Waals surface area contributed by atoms with Gasteiger partial charge in [0, 0.05) is 26.7 Å². The normalized spacial score (nSPS) is 16.8. The van der Waals surface area contributed by atoms with Gasteiger partial charge in [-0.05, 0) is 0 Å². The Bertz CT molecular complexity index is 493. The lowest BCUT2D eigenvalue weighted by atomic mass is 10.1. The molecule has 0 aromatic carbocycles. The number of aromatic nitrogens is 3. The van der Waals surface area contributed by atoms with Gasteiger partial charge in [-0.3, -0.25) is 4.79 Å². The van der Waals surface area contributed by atoms with Crippen molar-refractivity contribution in [3.63, 3.8) is 0 Å². The highest BCUT2D eigenvalue weighted by Crippen LogP contribution is 2.21. The lowest BCUT2D eigenvalue weighted by Gasteiger charge is -2.39. The maximum atomic E-state index is 11.9. The van der Waals surface area contributed by atoms with E-state index in [4.69, 9.17) is 15.6 Å². The average Bonchev–Trinajstić information content (AvgIpc) is 2.83. The summed E-state index contributed by atoms with van der Waals surface area (Å²) in [5.74, 6) is -1.15. The van der Waals surface area contributed by atoms with E-state index in [-0.39, 0.29) is 30.2 Å². The van der Waals surface area contributed by atoms with Crippen molar-refractivity contribution in [1.82, 2.24) is 19.9 Å². The highest BCUT2D eigenvalue weighted by molar-refractivity contribution is 5.84. The average molecular weight is 283 g/mol. The van der Waals surface area contributed by atoms with E-state index in [0.717, 1.165) is 0 Å². The lowest BCUT2D eigenvalue weighted by Crippen LogP contribution is -2.51. The number of nitrogens with two attached hydrogens (primary N) is 1. The molecule has 9 heteroatoms. The molecule has 1 amide bonds. The van der Waals surface area contributed by atoms with E-state index in [1.807, 2.05) is 0 Å². The first kappa shape index (κ1) is 14.4. The Labute approximate surface area is 115 Å². The van der Waals surface area contributed by atoms with Crippen LogP contribution in [0.15, 0.2) is 6.20 Å². The molecule has 0 spiro atoms. The number of hydrogen-bond donors (Lipinski definition) is 2. The molecule has 110 valence electrons. The van der Waals surface area contributed by atoms with Crippen molar-refractivity contribution in [3.8, 4) is 0 Å². The van der Waals surface area contributed by atoms with E-state index in [9.17, 15) is 9.59 Å². The van der Waals surface area contributed by atoms with Gasteiger partial charge in [-0.2, -0.15) is 0 Å². The van der Waals surface area contributed by atoms with Gasteiger partial charge in [0.25, 0.3) is 0 Å². The second-order valence-corrected chi connectivity index (χ2v) is 4.64. The summed E-state index contributed by atoms with van der Waals surface area (Å²) >= 11 is 0. The van der Waals surface area contributed by atoms with E-state index in [0.29, 0.717) is 19.6 Å². The third-order valence-corrected chi connectivity index (χ3v) is 3.32. The van der Waals surface area contributed by atoms with Crippen LogP contribution in [0.1, 0.15) is 23.0 Å². The Kier molecular flexibility index (Phi) is 4.30. The number of hydrogen-bond acceptors (Lipinski definition) is 6. The number of carboxylic acids is 1. The van der Waals surface area contributed by atoms with Crippen molar-refractivity contribution in [2.45, 2.75) is 18.6 Å². The third kappa shape index (κ3) is 2.94. The molecule has 1 aromatic rings. The number of amides is 1. The SMILES string of the molecule is COC(CN)CC(=O)N1CC(n2cc(C(=O)O)nn2)C1. The van der Waals surface area contributed by atoms with Gasteiger partial charge in [-0.25, -0.2) is 9.48 Å². The third-order valence-electron chi connectivity index (χ3n) is 3.32. The fraction of sp³-hybridized carbons (Fsp3) is 0.636. The number of carboxylic acid groups (broad SMARTS) is 1. The zero-order valence-electron chi connectivity index (χ0n) is 11.1. The van der Waals surface area contributed by atoms with Gasteiger partial charge in [0.2, 0.25) is 5.91 Å². The molecule has 0 radical (unpaired) electrons. The van der Waals surface area contributed by atoms with Crippen LogP contribution >= 0.6 is 0 Å². The van der Waals surface area contributed by atoms with Gasteiger partial charge in [-0.1, -0.05) is 5.21 Å². The maximum Gasteiger partial charge on any atom is 0.358 e. The van der Waals surface area contributed by atoms with Crippen LogP contribution in [0, 0.1) is 0 Å². The number of ether oxygens (including phenoxy) is 1. The predicted octanol–water partition coefficient (Wildman–Crippen LogP) is -1.28. The Morgan fingerprint density at radius 2 is 2.30 bits per heavy atom. The number of nitrogens with zero attached hydrogens (tertiary/aromatic N) is 4. The number of carbonyl (C=O) groups is 2. The summed E-state index contributed by atoms with van der Waals surface area (Å²) in [6, 6.07) is -0.0292. The van der Waals surface area contributed by atoms with Gasteiger partial charge < -0.3 is 20.5 Å². The van der Waals surface area contributed by atoms with E-state index in [1.54, 1.807) is 4.90 Å². The van der Waals surface area contributed by atoms with Gasteiger partial charge in [-0.15, -0.1) is 5.10 Å². The topological polar surface area (TPSA) is 124 Å². The van der Waals surface area contributed by atoms with Crippen LogP contribution in [0.2, 0.25) is 0 Å². The van der Waals surface area contributed by atoms with Crippen molar-refractivity contribution >= 4 is 11.9 Å². The summed E-state index contributed by atoms with van der Waals surface area (Å²) in [6.45, 7) is 1.27. The molecule has 0 saturated carbocycles. The zero-order valence-corrected chi connectivity index (χ0v) is 11.1. The lowest BCUT2D eigenvalue weighted by molar-refractivity contribution is -0.139. The standard InChI is InChI=1S/C11H17N5O4/c1-20-8(3-12)2-10(17)15-4-7(5-15)16-6-9(11(18)19)13-14-16/h6-8H,2-5,12H2,1H3,(H,18,19). The first-order valence-electron chi connectivity index (χ1n) is 6.21. The summed E-state index contributed by atoms with van der Waals surface area (Å²) < 4.78 is 6.54. The van der Waals surface area contributed by atoms with Crippen molar-refractivity contribution < 1.29 is 19.4 Å². The van der Waals surface area contributed by atoms with Crippen LogP contribution in [0.25, 0.3) is 0 Å². The number of methoxy groups -OCH3 is 1. The molecule has 0 aliphatic carbocycles. The van der Waals surface area contributed by atoms with E-state index < -0.39 is 5.97 Å². The quantitative estimate of drug-likeness (QED) is 0.666. The molecule has 9 nitrogen and oxygen atoms in total. The largest absolute Gasteiger partial charge is 0.476 e. The van der Waals surface area contributed by atoms with Crippen LogP contribution in [-0.2, 0) is 9.53 Å². The van der Waals surface area contributed by atoms with Crippen LogP contribution in [-0.4, -0.2) is 69.7 Å². The fourth-order valence-electron chi connectivity index (χ4n) is 1.97. The second kappa shape index (κ2) is 5.97. The molecule has 1 aliphatic rings. The van der Waals surface area contributed by atoms with E-state index in [1.165, 1.54) is 18.0 Å². The molecule has 3 N–H and O–H groups in total. The molecule has 1 unspecified atom stereocenters. The monoisotopic (exact) mass is 283 g/mol. The Balaban J connectivity index is 1.84. The molecule has 2 heterocycles. The van der Waals surface area contributed by atoms with Crippen molar-refractivity contribution in [2.24, 2.45) is 5.73 Å². The Morgan fingerprint density at radius 3 is 2.80 bits per heavy atom. The number of likely N-dealkylation sites (tertiary alicyclic amines) is 1. The van der Waals surface area contributed by atoms with E-state index in [2.05, 4.69) is 10.3 Å². The van der Waals surface area contributed by atoms with Crippen LogP contribution < -0.4 is 5.73 Å². The number of aromatic carboxylic acids is 1. The van der Waals surface area contributed by atoms with Crippen LogP contribution in [0.3, 0.4) is 0 Å². The van der Waals surface area contributed by atoms with Crippen molar-refractivity contribution in [1.29, 1.82) is 0 Å². The summed E-state index contributed by atoms with van der Waals surface area (Å²) in [5, 5.41) is 16.0. The predicted molar refractivity (Wildman–Crippen MR) is 67.1 cm³/mol. The van der Waals surface area contributed by atoms with E-state index >= 15 is 0 Å². The zero-order chi connectivity index (χ0) is 14.7. The van der Waals surface area contributed by atoms with Gasteiger partial charge in [0.1, 0.15) is 0 Å². The summed E-state index contributed by atoms with van der Waals surface area (Å²) in [5.41, 5.74) is 5.37. The van der Waals surface area contributed by atoms with Crippen molar-refractivity contribution in [2.75, 3.05) is 26.7 Å². The van der Waals surface area contributed by atoms with Gasteiger partial charge >= 0.3 is 5.97 Å². The minimum Gasteiger partial charge on any atom is -0.476 e. The molecular weight excluding hydrogens is 266 g/mol. The van der Waals surface area contributed by atoms with Gasteiger partial charge in [0.05, 0.1) is 24.8 Å². The molecule has 1 atom stereocenters. The molecule has 1 fully saturated rings. The number of carbonyl (C=O) groups excluding carboxylic acids is 1. The summed E-state index contributed by atoms with van der Waals surface area (Å²) in [7, 11) is 1.52. The highest BCUT2D eigenvalue weighted by Gasteiger charge is 2.33. The molecule has 20 heavy (non-hydrogen) atoms. The summed E-state index contributed by atoms with van der Waals surface area (Å²) in [4.78, 5) is 24.3. The van der Waals surface area contributed by atoms with Crippen molar-refractivity contribution in [3.05, 3.63) is 11.9 Å². The van der Waals surface area contributed by atoms with Crippen LogP contribution in [0.5, 0.6) is 0 Å². The minimum atomic E-state index is -1.12. The molecule has 1 saturated heterocycles. The maximum absolute atomic E-state index is 11.9. The summed E-state index contributed by atoms with van der Waals surface area (Å²) in [6.07, 6.45) is 1.34. The Morgan fingerprint density at radius 1 is 1.60 bits per heavy atom. The van der Waals surface area contributed by atoms with Gasteiger partial charge in [0.15, 0.2) is 5.69 Å². The molecular formula is C11H17N5O4. The Hall–Kier alpha value is -2.00. The minimum absolute atomic E-state index is 0.0292. The smallest absolute Gasteiger partial charge is 0.358 e. The molecule has 2 rings (SSSR count). The van der Waals surface area contributed by atoms with Crippen LogP contribution in [0.4, 0.5) is 0 Å².